The van der Waals surface area contributed by atoms with Crippen LogP contribution in [-0.4, -0.2) is 12.8 Å². The number of fused-ring (bicyclic) bond motifs is 7. The number of benzene rings is 6. The van der Waals surface area contributed by atoms with Gasteiger partial charge in [-0.25, -0.2) is 0 Å². The van der Waals surface area contributed by atoms with Gasteiger partial charge in [-0.05, 0) is 211 Å². The highest BCUT2D eigenvalue weighted by Crippen LogP contribution is 2.57. The quantitative estimate of drug-likeness (QED) is 0.148. The standard InChI is InChI=1S/C79H92BN3O/c1-18-79(17)43-42-78(15,16)63-49-66-65(48-64(63)79)80-70-67(82(66)58-37-38-61-62(45-58)77(13,14)41-40-76(61,11)12)46-59(81(56-33-26-52(27-34-56)73(2,3)4)55-31-24-51(25-32-55)50-22-20-19-21-23-50)47-68(70)83(57-35-28-53(29-36-57)74(5,6)7)71-60-44-54(75(8,9)10)30-39-69(60)84-72(71)80/h19-24,26-31,33-39,44-49,60,69H,18,25,32,40-43H2,1-17H3. The first-order valence-electron chi connectivity index (χ1n) is 32.0. The zero-order valence-electron chi connectivity index (χ0n) is 53.9. The van der Waals surface area contributed by atoms with Crippen LogP contribution in [0.5, 0.6) is 0 Å². The van der Waals surface area contributed by atoms with Gasteiger partial charge in [0.05, 0.1) is 17.3 Å². The van der Waals surface area contributed by atoms with E-state index in [0.29, 0.717) is 0 Å². The van der Waals surface area contributed by atoms with Gasteiger partial charge in [0.1, 0.15) is 6.10 Å². The molecular weight excluding hydrogens is 1020 g/mol. The highest BCUT2D eigenvalue weighted by molar-refractivity contribution is 6.95. The van der Waals surface area contributed by atoms with E-state index in [1.807, 2.05) is 0 Å². The predicted molar refractivity (Wildman–Crippen MR) is 360 cm³/mol. The average molecular weight is 1110 g/mol. The van der Waals surface area contributed by atoms with Gasteiger partial charge >= 0.3 is 0 Å². The molecule has 4 nitrogen and oxygen atoms in total. The first kappa shape index (κ1) is 56.4. The third kappa shape index (κ3) is 9.22. The Labute approximate surface area is 505 Å². The zero-order chi connectivity index (χ0) is 59.4. The van der Waals surface area contributed by atoms with Crippen LogP contribution in [0.25, 0.3) is 5.57 Å². The van der Waals surface area contributed by atoms with Gasteiger partial charge in [-0.1, -0.05) is 203 Å². The Morgan fingerprint density at radius 1 is 0.560 bits per heavy atom. The van der Waals surface area contributed by atoms with Crippen molar-refractivity contribution in [3.05, 3.63) is 213 Å². The van der Waals surface area contributed by atoms with Crippen molar-refractivity contribution in [2.45, 2.75) is 201 Å². The summed E-state index contributed by atoms with van der Waals surface area (Å²) < 4.78 is 7.78. The van der Waals surface area contributed by atoms with Crippen molar-refractivity contribution in [1.29, 1.82) is 0 Å². The molecule has 7 aliphatic rings. The first-order chi connectivity index (χ1) is 39.6. The van der Waals surface area contributed by atoms with Gasteiger partial charge in [0.2, 0.25) is 0 Å². The van der Waals surface area contributed by atoms with Crippen molar-refractivity contribution in [1.82, 2.24) is 0 Å². The summed E-state index contributed by atoms with van der Waals surface area (Å²) in [5, 5.41) is 0. The highest BCUT2D eigenvalue weighted by Gasteiger charge is 2.54. The maximum atomic E-state index is 7.78. The molecule has 0 radical (unpaired) electrons. The number of rotatable bonds is 7. The summed E-state index contributed by atoms with van der Waals surface area (Å²) in [7, 11) is 0. The number of allylic oxidation sites excluding steroid dienone is 6. The largest absolute Gasteiger partial charge is 0.497 e. The molecule has 84 heavy (non-hydrogen) atoms. The lowest BCUT2D eigenvalue weighted by Crippen LogP contribution is -2.56. The molecule has 0 saturated heterocycles. The van der Waals surface area contributed by atoms with Crippen LogP contribution in [0.1, 0.15) is 202 Å². The number of anilines is 7. The Kier molecular flexibility index (Phi) is 13.0. The fourth-order valence-electron chi connectivity index (χ4n) is 15.4. The second kappa shape index (κ2) is 19.4. The van der Waals surface area contributed by atoms with Gasteiger partial charge in [-0.15, -0.1) is 0 Å². The maximum absolute atomic E-state index is 7.78. The number of hydrogen-bond acceptors (Lipinski definition) is 4. The molecule has 5 heteroatoms. The van der Waals surface area contributed by atoms with Crippen molar-refractivity contribution < 1.29 is 4.74 Å². The van der Waals surface area contributed by atoms with Crippen molar-refractivity contribution >= 4 is 63.0 Å². The predicted octanol–water partition coefficient (Wildman–Crippen LogP) is 20.1. The molecule has 6 aromatic carbocycles. The third-order valence-corrected chi connectivity index (χ3v) is 21.3. The van der Waals surface area contributed by atoms with Crippen LogP contribution in [0.4, 0.5) is 39.8 Å². The lowest BCUT2D eigenvalue weighted by Gasteiger charge is -2.48. The molecule has 0 spiro atoms. The van der Waals surface area contributed by atoms with Crippen LogP contribution in [0.15, 0.2) is 174 Å². The molecule has 3 aliphatic heterocycles. The second-order valence-electron chi connectivity index (χ2n) is 31.5. The smallest absolute Gasteiger partial charge is 0.296 e. The molecule has 3 unspecified atom stereocenters. The minimum atomic E-state index is -0.157. The van der Waals surface area contributed by atoms with Gasteiger partial charge in [-0.3, -0.25) is 0 Å². The molecule has 3 atom stereocenters. The van der Waals surface area contributed by atoms with Crippen molar-refractivity contribution in [3.8, 4) is 0 Å². The summed E-state index contributed by atoms with van der Waals surface area (Å²) in [6.45, 7) is 40.7. The van der Waals surface area contributed by atoms with Crippen molar-refractivity contribution in [2.75, 3.05) is 14.7 Å². The van der Waals surface area contributed by atoms with Gasteiger partial charge in [0, 0.05) is 45.5 Å². The van der Waals surface area contributed by atoms with Crippen molar-refractivity contribution in [3.63, 3.8) is 0 Å². The molecule has 0 N–H and O–H groups in total. The van der Waals surface area contributed by atoms with Crippen molar-refractivity contribution in [2.24, 2.45) is 11.3 Å². The Morgan fingerprint density at radius 2 is 1.15 bits per heavy atom. The normalized spacial score (nSPS) is 22.6. The van der Waals surface area contributed by atoms with E-state index in [1.165, 1.54) is 114 Å². The van der Waals surface area contributed by atoms with Crippen LogP contribution >= 0.6 is 0 Å². The topological polar surface area (TPSA) is 19.0 Å². The van der Waals surface area contributed by atoms with Crippen LogP contribution < -0.4 is 25.6 Å². The van der Waals surface area contributed by atoms with Gasteiger partial charge in [0.15, 0.2) is 0 Å². The fraction of sp³-hybridized carbons (Fsp3) is 0.418. The summed E-state index contributed by atoms with van der Waals surface area (Å²) in [5.74, 6) is -0.00408. The van der Waals surface area contributed by atoms with E-state index in [1.54, 1.807) is 0 Å². The van der Waals surface area contributed by atoms with Crippen LogP contribution in [-0.2, 0) is 37.2 Å². The number of ether oxygens (including phenoxy) is 1. The Balaban J connectivity index is 1.17. The maximum Gasteiger partial charge on any atom is 0.296 e. The molecule has 0 amide bonds. The molecule has 0 saturated carbocycles. The summed E-state index contributed by atoms with van der Waals surface area (Å²) in [6.07, 6.45) is 19.6. The molecule has 0 fully saturated rings. The molecule has 13 rings (SSSR count). The highest BCUT2D eigenvalue weighted by atomic mass is 16.5. The number of nitrogens with zero attached hydrogens (tertiary/aromatic N) is 3. The molecule has 3 heterocycles. The Morgan fingerprint density at radius 3 is 1.76 bits per heavy atom. The lowest BCUT2D eigenvalue weighted by atomic mass is 9.35. The van der Waals surface area contributed by atoms with Crippen LogP contribution in [0, 0.1) is 11.3 Å². The van der Waals surface area contributed by atoms with E-state index in [4.69, 9.17) is 4.74 Å². The number of hydrogen-bond donors (Lipinski definition) is 0. The minimum absolute atomic E-state index is 0.00408. The van der Waals surface area contributed by atoms with E-state index >= 15 is 0 Å². The Hall–Kier alpha value is -6.72. The van der Waals surface area contributed by atoms with Gasteiger partial charge in [-0.2, -0.15) is 0 Å². The van der Waals surface area contributed by atoms with E-state index in [9.17, 15) is 0 Å². The third-order valence-electron chi connectivity index (χ3n) is 21.3. The van der Waals surface area contributed by atoms with E-state index < -0.39 is 0 Å². The molecule has 0 bridgehead atoms. The monoisotopic (exact) mass is 1110 g/mol. The molecule has 432 valence electrons. The molecule has 6 aromatic rings. The summed E-state index contributed by atoms with van der Waals surface area (Å²) in [4.78, 5) is 8.02. The molecular formula is C79H92BN3O. The molecule has 0 aromatic heterocycles. The van der Waals surface area contributed by atoms with Crippen LogP contribution in [0.3, 0.4) is 0 Å². The average Bonchev–Trinajstić information content (AvgIpc) is 1.22. The van der Waals surface area contributed by atoms with E-state index in [0.717, 1.165) is 49.1 Å². The first-order valence-corrected chi connectivity index (χ1v) is 32.0. The zero-order valence-corrected chi connectivity index (χ0v) is 53.9. The van der Waals surface area contributed by atoms with E-state index in [2.05, 4.69) is 284 Å². The fourth-order valence-corrected chi connectivity index (χ4v) is 15.4. The van der Waals surface area contributed by atoms with E-state index in [-0.39, 0.29) is 56.6 Å². The lowest BCUT2D eigenvalue weighted by molar-refractivity contribution is 0.179. The summed E-state index contributed by atoms with van der Waals surface area (Å²) >= 11 is 0. The Bertz CT molecular complexity index is 3800. The van der Waals surface area contributed by atoms with Gasteiger partial charge < -0.3 is 19.4 Å². The van der Waals surface area contributed by atoms with Crippen LogP contribution in [0.2, 0.25) is 0 Å². The van der Waals surface area contributed by atoms with Gasteiger partial charge in [0.25, 0.3) is 6.71 Å². The second-order valence-corrected chi connectivity index (χ2v) is 31.5. The SMILES string of the molecule is CCC1(C)CCC(C)(C)c2cc3c(cc21)B1C2=C(C4C=C(C(C)(C)C)C=CC4O2)N(c2ccc(C(C)(C)C)cc2)c2cc(N(C4=CC=C(c5ccccc5)CC4)c4ccc(C(C)(C)C)cc4)cc(c21)N3c1ccc2c(c1)C(C)(C)CCC2(C)C. The molecule has 4 aliphatic carbocycles. The summed E-state index contributed by atoms with van der Waals surface area (Å²) in [5.41, 5.74) is 27.4. The minimum Gasteiger partial charge on any atom is -0.497 e. The summed E-state index contributed by atoms with van der Waals surface area (Å²) in [6, 6.07) is 48.2.